The second kappa shape index (κ2) is 7.53. The van der Waals surface area contributed by atoms with Crippen LogP contribution >= 0.6 is 12.6 Å². The summed E-state index contributed by atoms with van der Waals surface area (Å²) >= 11 is 4.42. The van der Waals surface area contributed by atoms with E-state index in [4.69, 9.17) is 4.74 Å². The summed E-state index contributed by atoms with van der Waals surface area (Å²) in [6.45, 7) is 5.46. The summed E-state index contributed by atoms with van der Waals surface area (Å²) in [5.74, 6) is 1.74. The normalized spacial score (nSPS) is 23.6. The van der Waals surface area contributed by atoms with Crippen molar-refractivity contribution in [3.05, 3.63) is 0 Å². The lowest BCUT2D eigenvalue weighted by Gasteiger charge is -2.24. The van der Waals surface area contributed by atoms with Crippen LogP contribution in [0.25, 0.3) is 0 Å². The summed E-state index contributed by atoms with van der Waals surface area (Å²) in [5, 5.41) is 0. The van der Waals surface area contributed by atoms with E-state index >= 15 is 0 Å². The molecule has 0 N–H and O–H groups in total. The van der Waals surface area contributed by atoms with E-state index < -0.39 is 0 Å². The zero-order valence-corrected chi connectivity index (χ0v) is 11.0. The molecule has 3 heteroatoms. The number of thiol groups is 1. The number of hydrogen-bond donors (Lipinski definition) is 1. The molecule has 1 rings (SSSR count). The molecule has 1 aliphatic heterocycles. The highest BCUT2D eigenvalue weighted by Gasteiger charge is 2.18. The van der Waals surface area contributed by atoms with Gasteiger partial charge in [0.15, 0.2) is 0 Å². The Balaban J connectivity index is 2.17. The molecule has 0 bridgehead atoms. The van der Waals surface area contributed by atoms with Gasteiger partial charge >= 0.3 is 0 Å². The van der Waals surface area contributed by atoms with Crippen molar-refractivity contribution < 1.29 is 4.74 Å². The molecule has 2 unspecified atom stereocenters. The van der Waals surface area contributed by atoms with Gasteiger partial charge in [0.2, 0.25) is 0 Å². The van der Waals surface area contributed by atoms with Crippen molar-refractivity contribution in [1.29, 1.82) is 0 Å². The maximum Gasteiger partial charge on any atom is 0.0702 e. The van der Waals surface area contributed by atoms with Gasteiger partial charge in [-0.25, -0.2) is 0 Å². The molecule has 1 aliphatic rings. The molecule has 0 saturated carbocycles. The lowest BCUT2D eigenvalue weighted by molar-refractivity contribution is 0.0772. The molecule has 15 heavy (non-hydrogen) atoms. The highest BCUT2D eigenvalue weighted by atomic mass is 32.1. The van der Waals surface area contributed by atoms with Crippen molar-refractivity contribution in [2.75, 3.05) is 32.5 Å². The maximum absolute atomic E-state index is 5.64. The van der Waals surface area contributed by atoms with Crippen molar-refractivity contribution >= 4 is 12.6 Å². The second-order valence-corrected chi connectivity index (χ2v) is 5.06. The summed E-state index contributed by atoms with van der Waals surface area (Å²) in [7, 11) is 2.20. The molecule has 0 aromatic carbocycles. The van der Waals surface area contributed by atoms with Gasteiger partial charge in [0.1, 0.15) is 0 Å². The highest BCUT2D eigenvalue weighted by molar-refractivity contribution is 7.80. The van der Waals surface area contributed by atoms with Crippen molar-refractivity contribution in [3.8, 4) is 0 Å². The summed E-state index contributed by atoms with van der Waals surface area (Å²) < 4.78 is 5.64. The molecule has 0 radical (unpaired) electrons. The fourth-order valence-corrected chi connectivity index (χ4v) is 2.60. The molecule has 90 valence electrons. The molecule has 1 saturated heterocycles. The van der Waals surface area contributed by atoms with E-state index in [1.165, 1.54) is 25.7 Å². The first-order chi connectivity index (χ1) is 7.26. The number of likely N-dealkylation sites (N-methyl/N-ethyl adjacent to an activating group) is 1. The first kappa shape index (κ1) is 13.3. The number of nitrogens with zero attached hydrogens (tertiary/aromatic N) is 1. The fraction of sp³-hybridized carbons (Fsp3) is 1.00. The molecule has 0 aromatic heterocycles. The quantitative estimate of drug-likeness (QED) is 0.676. The van der Waals surface area contributed by atoms with Gasteiger partial charge < -0.3 is 9.64 Å². The minimum atomic E-state index is 0.484. The predicted octanol–water partition coefficient (Wildman–Crippen LogP) is 2.44. The van der Waals surface area contributed by atoms with E-state index in [-0.39, 0.29) is 0 Å². The van der Waals surface area contributed by atoms with Crippen LogP contribution in [-0.2, 0) is 4.74 Å². The largest absolute Gasteiger partial charge is 0.377 e. The van der Waals surface area contributed by atoms with Crippen LogP contribution in [0.3, 0.4) is 0 Å². The van der Waals surface area contributed by atoms with Crippen LogP contribution in [0, 0.1) is 5.92 Å². The minimum absolute atomic E-state index is 0.484. The number of ether oxygens (including phenoxy) is 1. The molecule has 0 aromatic rings. The van der Waals surface area contributed by atoms with E-state index in [0.717, 1.165) is 31.4 Å². The minimum Gasteiger partial charge on any atom is -0.377 e. The average molecular weight is 231 g/mol. The van der Waals surface area contributed by atoms with Crippen LogP contribution in [0.4, 0.5) is 0 Å². The molecule has 2 atom stereocenters. The third-order valence-electron chi connectivity index (χ3n) is 3.06. The van der Waals surface area contributed by atoms with Crippen LogP contribution in [0.15, 0.2) is 0 Å². The van der Waals surface area contributed by atoms with Gasteiger partial charge in [-0.15, -0.1) is 0 Å². The SMILES string of the molecule is CCCC(CS)CN(C)CC1CCCO1. The standard InChI is InChI=1S/C12H25NOS/c1-3-5-11(10-15)8-13(2)9-12-6-4-7-14-12/h11-12,15H,3-10H2,1-2H3. The Morgan fingerprint density at radius 1 is 1.53 bits per heavy atom. The smallest absolute Gasteiger partial charge is 0.0702 e. The first-order valence-electron chi connectivity index (χ1n) is 6.17. The summed E-state index contributed by atoms with van der Waals surface area (Å²) in [6, 6.07) is 0. The van der Waals surface area contributed by atoms with Crippen LogP contribution in [-0.4, -0.2) is 43.5 Å². The van der Waals surface area contributed by atoms with Crippen molar-refractivity contribution in [1.82, 2.24) is 4.90 Å². The Morgan fingerprint density at radius 2 is 2.33 bits per heavy atom. The Bertz CT molecular complexity index is 160. The molecule has 0 aliphatic carbocycles. The molecule has 0 spiro atoms. The molecule has 1 heterocycles. The Kier molecular flexibility index (Phi) is 6.69. The van der Waals surface area contributed by atoms with Gasteiger partial charge in [0.05, 0.1) is 6.10 Å². The average Bonchev–Trinajstić information content (AvgIpc) is 2.69. The zero-order valence-electron chi connectivity index (χ0n) is 10.1. The predicted molar refractivity (Wildman–Crippen MR) is 68.7 cm³/mol. The van der Waals surface area contributed by atoms with E-state index in [1.54, 1.807) is 0 Å². The monoisotopic (exact) mass is 231 g/mol. The van der Waals surface area contributed by atoms with Crippen molar-refractivity contribution in [3.63, 3.8) is 0 Å². The van der Waals surface area contributed by atoms with Crippen LogP contribution in [0.5, 0.6) is 0 Å². The van der Waals surface area contributed by atoms with Crippen LogP contribution in [0.1, 0.15) is 32.6 Å². The van der Waals surface area contributed by atoms with E-state index in [9.17, 15) is 0 Å². The summed E-state index contributed by atoms with van der Waals surface area (Å²) in [6.07, 6.45) is 5.52. The second-order valence-electron chi connectivity index (χ2n) is 4.69. The maximum atomic E-state index is 5.64. The Labute approximate surface area is 99.8 Å². The van der Waals surface area contributed by atoms with Gasteiger partial charge in [-0.1, -0.05) is 13.3 Å². The molecule has 1 fully saturated rings. The topological polar surface area (TPSA) is 12.5 Å². The van der Waals surface area contributed by atoms with Gasteiger partial charge in [0.25, 0.3) is 0 Å². The van der Waals surface area contributed by atoms with Crippen LogP contribution < -0.4 is 0 Å². The Hall–Kier alpha value is 0.270. The van der Waals surface area contributed by atoms with E-state index in [1.807, 2.05) is 0 Å². The molecular formula is C12H25NOS. The summed E-state index contributed by atoms with van der Waals surface area (Å²) in [5.41, 5.74) is 0. The van der Waals surface area contributed by atoms with Crippen molar-refractivity contribution in [2.45, 2.75) is 38.7 Å². The van der Waals surface area contributed by atoms with Gasteiger partial charge in [-0.3, -0.25) is 0 Å². The molecule has 0 amide bonds. The fourth-order valence-electron chi connectivity index (χ4n) is 2.30. The number of rotatable bonds is 7. The lowest BCUT2D eigenvalue weighted by Crippen LogP contribution is -2.33. The van der Waals surface area contributed by atoms with E-state index in [2.05, 4.69) is 31.5 Å². The van der Waals surface area contributed by atoms with Gasteiger partial charge in [-0.2, -0.15) is 12.6 Å². The summed E-state index contributed by atoms with van der Waals surface area (Å²) in [4.78, 5) is 2.41. The lowest BCUT2D eigenvalue weighted by atomic mass is 10.1. The van der Waals surface area contributed by atoms with Crippen LogP contribution in [0.2, 0.25) is 0 Å². The zero-order chi connectivity index (χ0) is 11.1. The van der Waals surface area contributed by atoms with Crippen molar-refractivity contribution in [2.24, 2.45) is 5.92 Å². The van der Waals surface area contributed by atoms with E-state index in [0.29, 0.717) is 6.10 Å². The first-order valence-corrected chi connectivity index (χ1v) is 6.80. The highest BCUT2D eigenvalue weighted by Crippen LogP contribution is 2.15. The molecule has 2 nitrogen and oxygen atoms in total. The molecular weight excluding hydrogens is 206 g/mol. The number of hydrogen-bond acceptors (Lipinski definition) is 3. The third-order valence-corrected chi connectivity index (χ3v) is 3.58. The third kappa shape index (κ3) is 5.23. The Morgan fingerprint density at radius 3 is 2.87 bits per heavy atom. The van der Waals surface area contributed by atoms with Gasteiger partial charge in [0, 0.05) is 19.7 Å². The van der Waals surface area contributed by atoms with Gasteiger partial charge in [-0.05, 0) is 38.0 Å².